The molecule has 0 saturated carbocycles. The molecular weight excluding hydrogens is 296 g/mol. The van der Waals surface area contributed by atoms with Crippen LogP contribution in [0.2, 0.25) is 5.15 Å². The lowest BCUT2D eigenvalue weighted by Crippen LogP contribution is -2.33. The van der Waals surface area contributed by atoms with E-state index in [4.69, 9.17) is 11.6 Å². The number of aromatic nitrogens is 1. The molecule has 1 aromatic carbocycles. The Morgan fingerprint density at radius 2 is 1.77 bits per heavy atom. The number of nitrogens with zero attached hydrogens (tertiary/aromatic N) is 2. The highest BCUT2D eigenvalue weighted by Gasteiger charge is 2.22. The van der Waals surface area contributed by atoms with Gasteiger partial charge in [-0.2, -0.15) is 0 Å². The zero-order valence-electron chi connectivity index (χ0n) is 13.5. The van der Waals surface area contributed by atoms with Crippen molar-refractivity contribution in [3.8, 4) is 0 Å². The molecule has 1 heterocycles. The molecule has 0 bridgehead atoms. The lowest BCUT2D eigenvalue weighted by molar-refractivity contribution is 0.0756. The topological polar surface area (TPSA) is 33.2 Å². The molecule has 3 nitrogen and oxygen atoms in total. The standard InChI is InChI=1S/C18H23ClN2O/c1-4-11-21(12-5-2)18(22)16-13(6-3)17(19)20-15-10-8-7-9-14(15)16/h7-10H,4-6,11-12H2,1-3H3. The van der Waals surface area contributed by atoms with E-state index in [1.54, 1.807) is 0 Å². The molecule has 1 amide bonds. The fourth-order valence-corrected chi connectivity index (χ4v) is 3.12. The molecule has 1 aromatic heterocycles. The Kier molecular flexibility index (Phi) is 5.78. The number of rotatable bonds is 6. The minimum Gasteiger partial charge on any atom is -0.339 e. The molecule has 4 heteroatoms. The van der Waals surface area contributed by atoms with Crippen LogP contribution in [0.25, 0.3) is 10.9 Å². The average Bonchev–Trinajstić information content (AvgIpc) is 2.52. The van der Waals surface area contributed by atoms with Crippen molar-refractivity contribution >= 4 is 28.4 Å². The van der Waals surface area contributed by atoms with Gasteiger partial charge in [-0.05, 0) is 25.3 Å². The summed E-state index contributed by atoms with van der Waals surface area (Å²) < 4.78 is 0. The molecule has 0 aliphatic heterocycles. The second kappa shape index (κ2) is 7.59. The highest BCUT2D eigenvalue weighted by molar-refractivity contribution is 6.31. The molecular formula is C18H23ClN2O. The largest absolute Gasteiger partial charge is 0.339 e. The van der Waals surface area contributed by atoms with Gasteiger partial charge in [0.2, 0.25) is 0 Å². The van der Waals surface area contributed by atoms with Crippen LogP contribution >= 0.6 is 11.6 Å². The summed E-state index contributed by atoms with van der Waals surface area (Å²) in [4.78, 5) is 19.5. The summed E-state index contributed by atoms with van der Waals surface area (Å²) in [7, 11) is 0. The Hall–Kier alpha value is -1.61. The Morgan fingerprint density at radius 1 is 1.14 bits per heavy atom. The number of hydrogen-bond acceptors (Lipinski definition) is 2. The predicted octanol–water partition coefficient (Wildman–Crippen LogP) is 4.71. The number of carbonyl (C=O) groups is 1. The first-order valence-electron chi connectivity index (χ1n) is 8.00. The maximum absolute atomic E-state index is 13.1. The van der Waals surface area contributed by atoms with E-state index in [0.29, 0.717) is 11.6 Å². The van der Waals surface area contributed by atoms with Gasteiger partial charge in [-0.1, -0.05) is 50.6 Å². The summed E-state index contributed by atoms with van der Waals surface area (Å²) in [5.41, 5.74) is 2.35. The van der Waals surface area contributed by atoms with Gasteiger partial charge in [-0.15, -0.1) is 0 Å². The van der Waals surface area contributed by atoms with Gasteiger partial charge in [-0.25, -0.2) is 4.98 Å². The monoisotopic (exact) mass is 318 g/mol. The molecule has 0 aliphatic carbocycles. The quantitative estimate of drug-likeness (QED) is 0.722. The van der Waals surface area contributed by atoms with Crippen molar-refractivity contribution in [1.29, 1.82) is 0 Å². The van der Waals surface area contributed by atoms with Crippen molar-refractivity contribution in [2.75, 3.05) is 13.1 Å². The van der Waals surface area contributed by atoms with Crippen molar-refractivity contribution in [1.82, 2.24) is 9.88 Å². The first kappa shape index (κ1) is 16.8. The Morgan fingerprint density at radius 3 is 2.36 bits per heavy atom. The van der Waals surface area contributed by atoms with E-state index < -0.39 is 0 Å². The molecule has 0 atom stereocenters. The first-order valence-corrected chi connectivity index (χ1v) is 8.38. The second-order valence-electron chi connectivity index (χ2n) is 5.42. The van der Waals surface area contributed by atoms with Crippen LogP contribution in [0.4, 0.5) is 0 Å². The number of benzene rings is 1. The van der Waals surface area contributed by atoms with Crippen molar-refractivity contribution in [2.45, 2.75) is 40.0 Å². The van der Waals surface area contributed by atoms with E-state index in [-0.39, 0.29) is 5.91 Å². The molecule has 0 aliphatic rings. The van der Waals surface area contributed by atoms with Crippen molar-refractivity contribution in [3.63, 3.8) is 0 Å². The molecule has 2 aromatic rings. The summed E-state index contributed by atoms with van der Waals surface area (Å²) >= 11 is 6.33. The second-order valence-corrected chi connectivity index (χ2v) is 5.78. The normalized spacial score (nSPS) is 10.9. The fraction of sp³-hybridized carbons (Fsp3) is 0.444. The maximum Gasteiger partial charge on any atom is 0.254 e. The first-order chi connectivity index (χ1) is 10.6. The third-order valence-electron chi connectivity index (χ3n) is 3.78. The highest BCUT2D eigenvalue weighted by atomic mass is 35.5. The molecule has 0 spiro atoms. The van der Waals surface area contributed by atoms with E-state index in [9.17, 15) is 4.79 Å². The Balaban J connectivity index is 2.63. The Bertz CT molecular complexity index is 663. The van der Waals surface area contributed by atoms with Crippen LogP contribution < -0.4 is 0 Å². The van der Waals surface area contributed by atoms with Crippen molar-refractivity contribution < 1.29 is 4.79 Å². The highest BCUT2D eigenvalue weighted by Crippen LogP contribution is 2.28. The van der Waals surface area contributed by atoms with E-state index >= 15 is 0 Å². The summed E-state index contributed by atoms with van der Waals surface area (Å²) in [6.07, 6.45) is 2.59. The summed E-state index contributed by atoms with van der Waals surface area (Å²) in [6.45, 7) is 7.73. The molecule has 118 valence electrons. The minimum absolute atomic E-state index is 0.0704. The van der Waals surface area contributed by atoms with E-state index in [2.05, 4.69) is 18.8 Å². The smallest absolute Gasteiger partial charge is 0.254 e. The zero-order valence-corrected chi connectivity index (χ0v) is 14.3. The van der Waals surface area contributed by atoms with Crippen LogP contribution in [0, 0.1) is 0 Å². The SMILES string of the molecule is CCCN(CCC)C(=O)c1c(CC)c(Cl)nc2ccccc12. The predicted molar refractivity (Wildman–Crippen MR) is 92.6 cm³/mol. The lowest BCUT2D eigenvalue weighted by atomic mass is 10.00. The maximum atomic E-state index is 13.1. The van der Waals surface area contributed by atoms with Crippen molar-refractivity contribution in [3.05, 3.63) is 40.5 Å². The van der Waals surface area contributed by atoms with Gasteiger partial charge >= 0.3 is 0 Å². The van der Waals surface area contributed by atoms with Crippen LogP contribution in [-0.4, -0.2) is 28.9 Å². The number of hydrogen-bond donors (Lipinski definition) is 0. The van der Waals surface area contributed by atoms with Gasteiger partial charge in [0, 0.05) is 24.0 Å². The molecule has 0 N–H and O–H groups in total. The van der Waals surface area contributed by atoms with Crippen LogP contribution in [-0.2, 0) is 6.42 Å². The van der Waals surface area contributed by atoms with Crippen LogP contribution in [0.3, 0.4) is 0 Å². The van der Waals surface area contributed by atoms with Gasteiger partial charge < -0.3 is 4.90 Å². The van der Waals surface area contributed by atoms with Gasteiger partial charge in [-0.3, -0.25) is 4.79 Å². The number of amides is 1. The van der Waals surface area contributed by atoms with E-state index in [0.717, 1.165) is 48.0 Å². The third kappa shape index (κ3) is 3.25. The van der Waals surface area contributed by atoms with Gasteiger partial charge in [0.05, 0.1) is 11.1 Å². The minimum atomic E-state index is 0.0704. The molecule has 0 unspecified atom stereocenters. The molecule has 22 heavy (non-hydrogen) atoms. The molecule has 2 rings (SSSR count). The van der Waals surface area contributed by atoms with E-state index in [1.165, 1.54) is 0 Å². The van der Waals surface area contributed by atoms with Crippen LogP contribution in [0.1, 0.15) is 49.5 Å². The average molecular weight is 319 g/mol. The number of para-hydroxylation sites is 1. The Labute approximate surface area is 137 Å². The van der Waals surface area contributed by atoms with Gasteiger partial charge in [0.1, 0.15) is 5.15 Å². The molecule has 0 radical (unpaired) electrons. The molecule has 0 saturated heterocycles. The molecule has 0 fully saturated rings. The lowest BCUT2D eigenvalue weighted by Gasteiger charge is -2.24. The number of pyridine rings is 1. The van der Waals surface area contributed by atoms with Crippen molar-refractivity contribution in [2.24, 2.45) is 0 Å². The summed E-state index contributed by atoms with van der Waals surface area (Å²) in [5, 5.41) is 1.34. The number of fused-ring (bicyclic) bond motifs is 1. The van der Waals surface area contributed by atoms with Crippen LogP contribution in [0.15, 0.2) is 24.3 Å². The van der Waals surface area contributed by atoms with Gasteiger partial charge in [0.25, 0.3) is 5.91 Å². The van der Waals surface area contributed by atoms with Crippen LogP contribution in [0.5, 0.6) is 0 Å². The summed E-state index contributed by atoms with van der Waals surface area (Å²) in [6, 6.07) is 7.72. The summed E-state index contributed by atoms with van der Waals surface area (Å²) in [5.74, 6) is 0.0704. The fourth-order valence-electron chi connectivity index (χ4n) is 2.80. The van der Waals surface area contributed by atoms with E-state index in [1.807, 2.05) is 36.1 Å². The number of halogens is 1. The van der Waals surface area contributed by atoms with Gasteiger partial charge in [0.15, 0.2) is 0 Å². The zero-order chi connectivity index (χ0) is 16.1. The number of carbonyl (C=O) groups excluding carboxylic acids is 1. The third-order valence-corrected chi connectivity index (χ3v) is 4.10.